The van der Waals surface area contributed by atoms with Crippen LogP contribution in [0.2, 0.25) is 0 Å². The van der Waals surface area contributed by atoms with Crippen LogP contribution in [0.1, 0.15) is 31.8 Å². The molecule has 0 spiro atoms. The molecule has 0 heterocycles. The monoisotopic (exact) mass is 380 g/mol. The van der Waals surface area contributed by atoms with Gasteiger partial charge in [0.05, 0.1) is 5.69 Å². The van der Waals surface area contributed by atoms with Gasteiger partial charge in [0.1, 0.15) is 11.6 Å². The number of halogens is 2. The molecule has 0 bridgehead atoms. The third kappa shape index (κ3) is 4.40. The Labute approximate surface area is 161 Å². The molecular weight excluding hydrogens is 362 g/mol. The number of rotatable bonds is 4. The first-order valence-electron chi connectivity index (χ1n) is 8.58. The van der Waals surface area contributed by atoms with Crippen molar-refractivity contribution in [3.8, 4) is 0 Å². The van der Waals surface area contributed by atoms with Crippen molar-refractivity contribution in [2.24, 2.45) is 0 Å². The first kappa shape index (κ1) is 19.2. The van der Waals surface area contributed by atoms with Crippen molar-refractivity contribution in [2.75, 3.05) is 10.6 Å². The van der Waals surface area contributed by atoms with Crippen molar-refractivity contribution >= 4 is 23.2 Å². The predicted octanol–water partition coefficient (Wildman–Crippen LogP) is 5.09. The zero-order valence-electron chi connectivity index (χ0n) is 15.3. The fourth-order valence-electron chi connectivity index (χ4n) is 2.62. The molecular formula is C22H18F2N2O2. The number of hydrogen-bond acceptors (Lipinski definition) is 2. The van der Waals surface area contributed by atoms with Crippen LogP contribution in [0.5, 0.6) is 0 Å². The van der Waals surface area contributed by atoms with E-state index in [0.29, 0.717) is 11.6 Å². The third-order valence-corrected chi connectivity index (χ3v) is 4.23. The Hall–Kier alpha value is -3.54. The van der Waals surface area contributed by atoms with Crippen LogP contribution in [-0.2, 0) is 0 Å². The quantitative estimate of drug-likeness (QED) is 0.663. The molecule has 0 aliphatic carbocycles. The van der Waals surface area contributed by atoms with Gasteiger partial charge in [-0.1, -0.05) is 12.1 Å². The summed E-state index contributed by atoms with van der Waals surface area (Å²) < 4.78 is 26.6. The molecule has 3 rings (SSSR count). The number of aryl methyl sites for hydroxylation is 2. The predicted molar refractivity (Wildman–Crippen MR) is 105 cm³/mol. The summed E-state index contributed by atoms with van der Waals surface area (Å²) in [6.45, 7) is 3.84. The maximum atomic E-state index is 13.7. The van der Waals surface area contributed by atoms with Crippen molar-refractivity contribution in [3.63, 3.8) is 0 Å². The molecule has 0 saturated carbocycles. The second-order valence-corrected chi connectivity index (χ2v) is 6.43. The molecule has 2 N–H and O–H groups in total. The van der Waals surface area contributed by atoms with Crippen molar-refractivity contribution in [1.29, 1.82) is 0 Å². The molecule has 0 aliphatic heterocycles. The molecule has 0 fully saturated rings. The standard InChI is InChI=1S/C22H18F2N2O2/c1-13-3-4-14(2)20(11-13)26-22(28)16-7-5-15(6-8-16)21(27)25-19-10-9-17(23)12-18(19)24/h3-12H,1-2H3,(H,25,27)(H,26,28). The summed E-state index contributed by atoms with van der Waals surface area (Å²) in [7, 11) is 0. The molecule has 0 atom stereocenters. The second-order valence-electron chi connectivity index (χ2n) is 6.43. The topological polar surface area (TPSA) is 58.2 Å². The normalized spacial score (nSPS) is 10.4. The molecule has 2 amide bonds. The van der Waals surface area contributed by atoms with Gasteiger partial charge in [0, 0.05) is 22.9 Å². The van der Waals surface area contributed by atoms with E-state index in [4.69, 9.17) is 0 Å². The molecule has 0 saturated heterocycles. The zero-order valence-corrected chi connectivity index (χ0v) is 15.3. The second kappa shape index (κ2) is 8.00. The van der Waals surface area contributed by atoms with Gasteiger partial charge >= 0.3 is 0 Å². The number of amides is 2. The lowest BCUT2D eigenvalue weighted by molar-refractivity contribution is 0.101. The summed E-state index contributed by atoms with van der Waals surface area (Å²) in [6, 6.07) is 14.6. The van der Waals surface area contributed by atoms with Crippen molar-refractivity contribution in [3.05, 3.63) is 94.6 Å². The Morgan fingerprint density at radius 1 is 0.714 bits per heavy atom. The minimum Gasteiger partial charge on any atom is -0.322 e. The molecule has 0 radical (unpaired) electrons. The van der Waals surface area contributed by atoms with Gasteiger partial charge in [0.2, 0.25) is 0 Å². The molecule has 3 aromatic rings. The Kier molecular flexibility index (Phi) is 5.49. The van der Waals surface area contributed by atoms with E-state index in [1.165, 1.54) is 24.3 Å². The maximum absolute atomic E-state index is 13.7. The van der Waals surface area contributed by atoms with Crippen LogP contribution in [-0.4, -0.2) is 11.8 Å². The Morgan fingerprint density at radius 2 is 1.29 bits per heavy atom. The fourth-order valence-corrected chi connectivity index (χ4v) is 2.62. The first-order chi connectivity index (χ1) is 13.3. The average molecular weight is 380 g/mol. The molecule has 6 heteroatoms. The lowest BCUT2D eigenvalue weighted by Gasteiger charge is -2.10. The van der Waals surface area contributed by atoms with E-state index in [1.54, 1.807) is 0 Å². The van der Waals surface area contributed by atoms with E-state index in [0.717, 1.165) is 28.9 Å². The maximum Gasteiger partial charge on any atom is 0.255 e. The van der Waals surface area contributed by atoms with E-state index < -0.39 is 17.5 Å². The summed E-state index contributed by atoms with van der Waals surface area (Å²) in [5.74, 6) is -2.45. The smallest absolute Gasteiger partial charge is 0.255 e. The molecule has 28 heavy (non-hydrogen) atoms. The van der Waals surface area contributed by atoms with Gasteiger partial charge in [-0.3, -0.25) is 9.59 Å². The molecule has 4 nitrogen and oxygen atoms in total. The fraction of sp³-hybridized carbons (Fsp3) is 0.0909. The van der Waals surface area contributed by atoms with Crippen molar-refractivity contribution < 1.29 is 18.4 Å². The van der Waals surface area contributed by atoms with E-state index in [-0.39, 0.29) is 17.2 Å². The number of nitrogens with one attached hydrogen (secondary N) is 2. The Morgan fingerprint density at radius 3 is 1.86 bits per heavy atom. The van der Waals surface area contributed by atoms with Crippen LogP contribution in [0.25, 0.3) is 0 Å². The van der Waals surface area contributed by atoms with E-state index in [9.17, 15) is 18.4 Å². The van der Waals surface area contributed by atoms with Gasteiger partial charge in [-0.2, -0.15) is 0 Å². The highest BCUT2D eigenvalue weighted by Crippen LogP contribution is 2.19. The van der Waals surface area contributed by atoms with Crippen LogP contribution >= 0.6 is 0 Å². The van der Waals surface area contributed by atoms with E-state index >= 15 is 0 Å². The van der Waals surface area contributed by atoms with Gasteiger partial charge in [-0.05, 0) is 67.4 Å². The van der Waals surface area contributed by atoms with Crippen LogP contribution in [0.4, 0.5) is 20.2 Å². The van der Waals surface area contributed by atoms with E-state index in [1.807, 2.05) is 32.0 Å². The zero-order chi connectivity index (χ0) is 20.3. The third-order valence-electron chi connectivity index (χ3n) is 4.23. The summed E-state index contributed by atoms with van der Waals surface area (Å²) in [6.07, 6.45) is 0. The van der Waals surface area contributed by atoms with Crippen LogP contribution in [0.15, 0.2) is 60.7 Å². The van der Waals surface area contributed by atoms with Crippen LogP contribution in [0, 0.1) is 25.5 Å². The minimum absolute atomic E-state index is 0.122. The lowest BCUT2D eigenvalue weighted by Crippen LogP contribution is -2.15. The molecule has 0 aromatic heterocycles. The Balaban J connectivity index is 1.71. The number of anilines is 2. The summed E-state index contributed by atoms with van der Waals surface area (Å²) >= 11 is 0. The summed E-state index contributed by atoms with van der Waals surface area (Å²) in [5, 5.41) is 5.22. The Bertz CT molecular complexity index is 1050. The number of benzene rings is 3. The highest BCUT2D eigenvalue weighted by Gasteiger charge is 2.12. The number of carbonyl (C=O) groups excluding carboxylic acids is 2. The van der Waals surface area contributed by atoms with Gasteiger partial charge < -0.3 is 10.6 Å². The van der Waals surface area contributed by atoms with Crippen molar-refractivity contribution in [2.45, 2.75) is 13.8 Å². The van der Waals surface area contributed by atoms with Gasteiger partial charge in [-0.25, -0.2) is 8.78 Å². The molecule has 3 aromatic carbocycles. The van der Waals surface area contributed by atoms with Gasteiger partial charge in [-0.15, -0.1) is 0 Å². The number of hydrogen-bond donors (Lipinski definition) is 2. The van der Waals surface area contributed by atoms with Crippen LogP contribution in [0.3, 0.4) is 0 Å². The SMILES string of the molecule is Cc1ccc(C)c(NC(=O)c2ccc(C(=O)Nc3ccc(F)cc3F)cc2)c1. The minimum atomic E-state index is -0.863. The largest absolute Gasteiger partial charge is 0.322 e. The molecule has 0 aliphatic rings. The van der Waals surface area contributed by atoms with E-state index in [2.05, 4.69) is 10.6 Å². The molecule has 142 valence electrons. The van der Waals surface area contributed by atoms with Gasteiger partial charge in [0.15, 0.2) is 0 Å². The lowest BCUT2D eigenvalue weighted by atomic mass is 10.1. The van der Waals surface area contributed by atoms with Crippen LogP contribution < -0.4 is 10.6 Å². The highest BCUT2D eigenvalue weighted by molar-refractivity contribution is 6.07. The van der Waals surface area contributed by atoms with Gasteiger partial charge in [0.25, 0.3) is 11.8 Å². The highest BCUT2D eigenvalue weighted by atomic mass is 19.1. The van der Waals surface area contributed by atoms with Crippen molar-refractivity contribution in [1.82, 2.24) is 0 Å². The molecule has 0 unspecified atom stereocenters. The summed E-state index contributed by atoms with van der Waals surface area (Å²) in [5.41, 5.74) is 3.19. The average Bonchev–Trinajstić information content (AvgIpc) is 2.67. The summed E-state index contributed by atoms with van der Waals surface area (Å²) in [4.78, 5) is 24.7. The number of carbonyl (C=O) groups is 2. The first-order valence-corrected chi connectivity index (χ1v) is 8.58.